The largest absolute Gasteiger partial charge is 0.391 e. The molecule has 0 aliphatic carbocycles. The number of aryl methyl sites for hydroxylation is 1. The first-order chi connectivity index (χ1) is 21.0. The molecule has 2 aromatic rings. The predicted molar refractivity (Wildman–Crippen MR) is 172 cm³/mol. The second-order valence-electron chi connectivity index (χ2n) is 13.7. The van der Waals surface area contributed by atoms with Crippen LogP contribution in [0.3, 0.4) is 0 Å². The number of carbonyl (C=O) groups is 3. The highest BCUT2D eigenvalue weighted by atomic mass is 32.1. The molecule has 44 heavy (non-hydrogen) atoms. The van der Waals surface area contributed by atoms with Crippen molar-refractivity contribution in [2.45, 2.75) is 90.6 Å². The zero-order valence-corrected chi connectivity index (χ0v) is 27.3. The van der Waals surface area contributed by atoms with E-state index >= 15 is 0 Å². The lowest BCUT2D eigenvalue weighted by atomic mass is 9.84. The number of carbonyl (C=O) groups excluding carboxylic acids is 3. The van der Waals surface area contributed by atoms with E-state index in [1.165, 1.54) is 4.90 Å². The Morgan fingerprint density at radius 2 is 1.75 bits per heavy atom. The highest BCUT2D eigenvalue weighted by molar-refractivity contribution is 7.13. The molecular formula is C33H48N6O4S. The maximum atomic E-state index is 14.0. The van der Waals surface area contributed by atoms with Crippen molar-refractivity contribution in [3.8, 4) is 10.4 Å². The van der Waals surface area contributed by atoms with Gasteiger partial charge in [0, 0.05) is 31.5 Å². The number of amides is 3. The van der Waals surface area contributed by atoms with Gasteiger partial charge in [-0.15, -0.1) is 11.3 Å². The van der Waals surface area contributed by atoms with Crippen LogP contribution in [0.15, 0.2) is 29.8 Å². The van der Waals surface area contributed by atoms with Crippen LogP contribution in [0.4, 0.5) is 0 Å². The molecule has 10 nitrogen and oxygen atoms in total. The highest BCUT2D eigenvalue weighted by Gasteiger charge is 2.45. The fourth-order valence-electron chi connectivity index (χ4n) is 6.74. The summed E-state index contributed by atoms with van der Waals surface area (Å²) in [6.07, 6.45) is 3.22. The summed E-state index contributed by atoms with van der Waals surface area (Å²) < 4.78 is 0. The molecule has 3 aliphatic rings. The van der Waals surface area contributed by atoms with E-state index in [0.29, 0.717) is 12.6 Å². The number of nitrogens with one attached hydrogen (secondary N) is 3. The first-order valence-electron chi connectivity index (χ1n) is 16.0. The Balaban J connectivity index is 1.18. The lowest BCUT2D eigenvalue weighted by Crippen LogP contribution is -2.59. The molecule has 1 aromatic heterocycles. The second-order valence-corrected chi connectivity index (χ2v) is 14.5. The summed E-state index contributed by atoms with van der Waals surface area (Å²) in [6.45, 7) is 12.0. The number of benzene rings is 1. The fourth-order valence-corrected chi connectivity index (χ4v) is 7.55. The number of rotatable bonds is 8. The molecular weight excluding hydrogens is 576 g/mol. The lowest BCUT2D eigenvalue weighted by Gasteiger charge is -2.40. The standard InChI is InChI=1S/C33H48N6O4S/c1-21-28(44-20-36-21)23-7-5-22(6-8-23)18-35-31(42)27-17-26(40)19-39(27)32(43)29(33(2,3)4)37-30(41)24-11-15-38(16-12-24)25-9-13-34-14-10-25/h5-8,20,24-27,29,34,40H,9-19H2,1-4H3,(H,35,42)(H,37,41)/t26-,27+,29-/m1/s1. The van der Waals surface area contributed by atoms with Crippen molar-refractivity contribution in [2.24, 2.45) is 11.3 Å². The summed E-state index contributed by atoms with van der Waals surface area (Å²) in [5.74, 6) is -0.860. The van der Waals surface area contributed by atoms with E-state index in [9.17, 15) is 19.5 Å². The number of hydrogen-bond donors (Lipinski definition) is 4. The molecule has 4 N–H and O–H groups in total. The average molecular weight is 625 g/mol. The van der Waals surface area contributed by atoms with Crippen molar-refractivity contribution in [1.29, 1.82) is 0 Å². The minimum atomic E-state index is -0.805. The Morgan fingerprint density at radius 3 is 2.36 bits per heavy atom. The van der Waals surface area contributed by atoms with E-state index in [1.807, 2.05) is 57.5 Å². The molecule has 3 amide bonds. The average Bonchev–Trinajstić information content (AvgIpc) is 3.63. The second kappa shape index (κ2) is 14.1. The van der Waals surface area contributed by atoms with Crippen LogP contribution in [-0.4, -0.2) is 94.6 Å². The molecule has 240 valence electrons. The van der Waals surface area contributed by atoms with E-state index in [2.05, 4.69) is 25.8 Å². The van der Waals surface area contributed by atoms with E-state index in [1.54, 1.807) is 11.3 Å². The summed E-state index contributed by atoms with van der Waals surface area (Å²) in [6, 6.07) is 6.97. The van der Waals surface area contributed by atoms with Gasteiger partial charge in [0.25, 0.3) is 0 Å². The highest BCUT2D eigenvalue weighted by Crippen LogP contribution is 2.29. The maximum absolute atomic E-state index is 14.0. The van der Waals surface area contributed by atoms with Crippen LogP contribution in [0.5, 0.6) is 0 Å². The number of aliphatic hydroxyl groups excluding tert-OH is 1. The van der Waals surface area contributed by atoms with E-state index < -0.39 is 23.6 Å². The number of likely N-dealkylation sites (tertiary alicyclic amines) is 2. The van der Waals surface area contributed by atoms with Gasteiger partial charge in [0.1, 0.15) is 12.1 Å². The molecule has 0 saturated carbocycles. The smallest absolute Gasteiger partial charge is 0.246 e. The van der Waals surface area contributed by atoms with Gasteiger partial charge in [0.2, 0.25) is 17.7 Å². The van der Waals surface area contributed by atoms with Crippen molar-refractivity contribution in [3.63, 3.8) is 0 Å². The molecule has 11 heteroatoms. The van der Waals surface area contributed by atoms with Crippen LogP contribution >= 0.6 is 11.3 Å². The predicted octanol–water partition coefficient (Wildman–Crippen LogP) is 2.69. The van der Waals surface area contributed by atoms with E-state index in [-0.39, 0.29) is 36.6 Å². The van der Waals surface area contributed by atoms with Crippen LogP contribution in [-0.2, 0) is 20.9 Å². The van der Waals surface area contributed by atoms with Crippen LogP contribution in [0.25, 0.3) is 10.4 Å². The maximum Gasteiger partial charge on any atom is 0.246 e. The lowest BCUT2D eigenvalue weighted by molar-refractivity contribution is -0.144. The molecule has 5 rings (SSSR count). The summed E-state index contributed by atoms with van der Waals surface area (Å²) in [7, 11) is 0. The first kappa shape index (κ1) is 32.5. The Kier molecular flexibility index (Phi) is 10.4. The number of nitrogens with zero attached hydrogens (tertiary/aromatic N) is 3. The third-order valence-corrected chi connectivity index (χ3v) is 10.4. The van der Waals surface area contributed by atoms with Crippen molar-refractivity contribution in [3.05, 3.63) is 41.0 Å². The van der Waals surface area contributed by atoms with Gasteiger partial charge < -0.3 is 30.9 Å². The van der Waals surface area contributed by atoms with Crippen LogP contribution in [0.2, 0.25) is 0 Å². The first-order valence-corrected chi connectivity index (χ1v) is 16.9. The molecule has 0 unspecified atom stereocenters. The topological polar surface area (TPSA) is 127 Å². The van der Waals surface area contributed by atoms with Crippen LogP contribution in [0, 0.1) is 18.3 Å². The van der Waals surface area contributed by atoms with Gasteiger partial charge in [0.15, 0.2) is 0 Å². The number of aromatic nitrogens is 1. The number of thiazole rings is 1. The van der Waals surface area contributed by atoms with Gasteiger partial charge in [-0.05, 0) is 75.3 Å². The monoisotopic (exact) mass is 624 g/mol. The van der Waals surface area contributed by atoms with E-state index in [0.717, 1.165) is 73.6 Å². The minimum Gasteiger partial charge on any atom is -0.391 e. The van der Waals surface area contributed by atoms with Gasteiger partial charge >= 0.3 is 0 Å². The molecule has 0 radical (unpaired) electrons. The Hall–Kier alpha value is -2.86. The minimum absolute atomic E-state index is 0.0664. The molecule has 0 bridgehead atoms. The molecule has 4 heterocycles. The summed E-state index contributed by atoms with van der Waals surface area (Å²) in [5, 5.41) is 20.0. The molecule has 3 saturated heterocycles. The van der Waals surface area contributed by atoms with Crippen molar-refractivity contribution in [1.82, 2.24) is 30.7 Å². The van der Waals surface area contributed by atoms with Crippen molar-refractivity contribution >= 4 is 29.1 Å². The molecule has 1 aromatic carbocycles. The summed E-state index contributed by atoms with van der Waals surface area (Å²) in [5.41, 5.74) is 4.26. The number of β-amino-alcohol motifs (C(OH)–C–C–N with tert-alkyl or cyclic N) is 1. The third-order valence-electron chi connectivity index (χ3n) is 9.42. The normalized spacial score (nSPS) is 23.0. The number of piperidine rings is 2. The van der Waals surface area contributed by atoms with Crippen molar-refractivity contribution in [2.75, 3.05) is 32.7 Å². The third kappa shape index (κ3) is 7.67. The molecule has 3 aliphatic heterocycles. The van der Waals surface area contributed by atoms with Gasteiger partial charge in [0.05, 0.1) is 22.2 Å². The van der Waals surface area contributed by atoms with Gasteiger partial charge in [-0.2, -0.15) is 0 Å². The van der Waals surface area contributed by atoms with E-state index in [4.69, 9.17) is 0 Å². The SMILES string of the molecule is Cc1ncsc1-c1ccc(CNC(=O)[C@@H]2C[C@@H](O)CN2C(=O)[C@@H](NC(=O)C2CCN(C3CCNCC3)CC2)C(C)(C)C)cc1. The summed E-state index contributed by atoms with van der Waals surface area (Å²) >= 11 is 1.60. The Labute approximate surface area is 265 Å². The van der Waals surface area contributed by atoms with Crippen LogP contribution in [0.1, 0.15) is 64.1 Å². The van der Waals surface area contributed by atoms with Crippen LogP contribution < -0.4 is 16.0 Å². The van der Waals surface area contributed by atoms with Crippen molar-refractivity contribution < 1.29 is 19.5 Å². The number of aliphatic hydroxyl groups is 1. The summed E-state index contributed by atoms with van der Waals surface area (Å²) in [4.78, 5) is 50.2. The number of hydrogen-bond acceptors (Lipinski definition) is 8. The van der Waals surface area contributed by atoms with Gasteiger partial charge in [-0.25, -0.2) is 4.98 Å². The Bertz CT molecular complexity index is 1290. The quantitative estimate of drug-likeness (QED) is 0.356. The fraction of sp³-hybridized carbons (Fsp3) is 0.636. The zero-order chi connectivity index (χ0) is 31.4. The van der Waals surface area contributed by atoms with Gasteiger partial charge in [-0.1, -0.05) is 45.0 Å². The molecule has 3 fully saturated rings. The molecule has 0 spiro atoms. The molecule has 3 atom stereocenters. The Morgan fingerprint density at radius 1 is 1.07 bits per heavy atom. The zero-order valence-electron chi connectivity index (χ0n) is 26.5. The van der Waals surface area contributed by atoms with Gasteiger partial charge in [-0.3, -0.25) is 14.4 Å².